The second kappa shape index (κ2) is 11.5. The Bertz CT molecular complexity index is 1370. The van der Waals surface area contributed by atoms with E-state index in [9.17, 15) is 4.79 Å². The molecular weight excluding hydrogens is 508 g/mol. The van der Waals surface area contributed by atoms with Crippen molar-refractivity contribution in [1.29, 1.82) is 0 Å². The second-order valence-electron chi connectivity index (χ2n) is 7.61. The van der Waals surface area contributed by atoms with Crippen LogP contribution in [0, 0.1) is 0 Å². The summed E-state index contributed by atoms with van der Waals surface area (Å²) in [6.45, 7) is 2.79. The molecule has 0 aliphatic heterocycles. The molecule has 0 heterocycles. The number of carbonyl (C=O) groups excluding carboxylic acids is 1. The van der Waals surface area contributed by atoms with Gasteiger partial charge in [-0.15, -0.1) is 0 Å². The van der Waals surface area contributed by atoms with Gasteiger partial charge in [0.15, 0.2) is 11.5 Å². The molecule has 1 amide bonds. The zero-order valence-corrected chi connectivity index (χ0v) is 21.0. The fourth-order valence-corrected chi connectivity index (χ4v) is 4.12. The summed E-state index contributed by atoms with van der Waals surface area (Å²) in [5, 5.41) is 6.44. The molecule has 1 N–H and O–H groups in total. The highest BCUT2D eigenvalue weighted by Crippen LogP contribution is 2.29. The number of hydrogen-bond acceptors (Lipinski definition) is 5. The van der Waals surface area contributed by atoms with Gasteiger partial charge in [0, 0.05) is 5.56 Å². The standard InChI is InChI=1S/C28H25BrN2O4/c1-3-34-27-16-21(12-14-26(27)33-2)28(32)31-30-17-19-11-13-25(24(29)15-19)35-18-22-9-6-8-20-7-4-5-10-23(20)22/h4-17H,3,18H2,1-2H3,(H,31,32)/b30-17+. The van der Waals surface area contributed by atoms with Crippen molar-refractivity contribution in [2.24, 2.45) is 5.10 Å². The number of fused-ring (bicyclic) bond motifs is 1. The Morgan fingerprint density at radius 2 is 1.74 bits per heavy atom. The first-order chi connectivity index (χ1) is 17.1. The summed E-state index contributed by atoms with van der Waals surface area (Å²) in [6.07, 6.45) is 1.57. The Morgan fingerprint density at radius 1 is 0.943 bits per heavy atom. The zero-order valence-electron chi connectivity index (χ0n) is 19.5. The molecule has 35 heavy (non-hydrogen) atoms. The van der Waals surface area contributed by atoms with Gasteiger partial charge in [-0.25, -0.2) is 5.43 Å². The molecule has 4 aromatic rings. The highest BCUT2D eigenvalue weighted by Gasteiger charge is 2.11. The highest BCUT2D eigenvalue weighted by atomic mass is 79.9. The van der Waals surface area contributed by atoms with Crippen LogP contribution in [0.2, 0.25) is 0 Å². The first-order valence-electron chi connectivity index (χ1n) is 11.1. The van der Waals surface area contributed by atoms with Gasteiger partial charge in [0.25, 0.3) is 5.91 Å². The van der Waals surface area contributed by atoms with Crippen molar-refractivity contribution in [3.05, 3.63) is 100 Å². The molecule has 0 radical (unpaired) electrons. The Hall–Kier alpha value is -3.84. The van der Waals surface area contributed by atoms with Crippen LogP contribution in [0.5, 0.6) is 17.2 Å². The molecule has 0 bridgehead atoms. The number of ether oxygens (including phenoxy) is 3. The molecule has 6 nitrogen and oxygen atoms in total. The van der Waals surface area contributed by atoms with Crippen LogP contribution >= 0.6 is 15.9 Å². The first-order valence-corrected chi connectivity index (χ1v) is 11.9. The van der Waals surface area contributed by atoms with Crippen LogP contribution in [0.1, 0.15) is 28.4 Å². The maximum absolute atomic E-state index is 12.5. The minimum absolute atomic E-state index is 0.348. The smallest absolute Gasteiger partial charge is 0.271 e. The summed E-state index contributed by atoms with van der Waals surface area (Å²) in [5.41, 5.74) is 4.89. The Balaban J connectivity index is 1.38. The lowest BCUT2D eigenvalue weighted by atomic mass is 10.1. The lowest BCUT2D eigenvalue weighted by Gasteiger charge is -2.11. The minimum atomic E-state index is -0.348. The first kappa shape index (κ1) is 24.3. The predicted molar refractivity (Wildman–Crippen MR) is 142 cm³/mol. The maximum atomic E-state index is 12.5. The van der Waals surface area contributed by atoms with E-state index in [1.165, 1.54) is 10.8 Å². The van der Waals surface area contributed by atoms with Crippen LogP contribution < -0.4 is 19.6 Å². The number of halogens is 1. The summed E-state index contributed by atoms with van der Waals surface area (Å²) in [4.78, 5) is 12.5. The average molecular weight is 533 g/mol. The number of nitrogens with one attached hydrogen (secondary N) is 1. The SMILES string of the molecule is CCOc1cc(C(=O)N/N=C/c2ccc(OCc3cccc4ccccc34)c(Br)c2)ccc1OC. The number of nitrogens with zero attached hydrogens (tertiary/aromatic N) is 1. The summed E-state index contributed by atoms with van der Waals surface area (Å²) >= 11 is 3.56. The van der Waals surface area contributed by atoms with Gasteiger partial charge in [-0.1, -0.05) is 42.5 Å². The summed E-state index contributed by atoms with van der Waals surface area (Å²) in [5.74, 6) is 1.45. The summed E-state index contributed by atoms with van der Waals surface area (Å²) in [6, 6.07) is 25.1. The number of benzene rings is 4. The van der Waals surface area contributed by atoms with Crippen molar-refractivity contribution in [1.82, 2.24) is 5.43 Å². The normalized spacial score (nSPS) is 10.9. The molecular formula is C28H25BrN2O4. The van der Waals surface area contributed by atoms with Crippen molar-refractivity contribution in [2.75, 3.05) is 13.7 Å². The van der Waals surface area contributed by atoms with Crippen LogP contribution in [0.15, 0.2) is 88.4 Å². The van der Waals surface area contributed by atoms with Gasteiger partial charge in [-0.3, -0.25) is 4.79 Å². The summed E-state index contributed by atoms with van der Waals surface area (Å²) < 4.78 is 17.6. The molecule has 0 aromatic heterocycles. The van der Waals surface area contributed by atoms with E-state index in [0.717, 1.165) is 21.3 Å². The average Bonchev–Trinajstić information content (AvgIpc) is 2.88. The van der Waals surface area contributed by atoms with Crippen LogP contribution in [0.4, 0.5) is 0 Å². The van der Waals surface area contributed by atoms with Crippen molar-refractivity contribution in [3.8, 4) is 17.2 Å². The van der Waals surface area contributed by atoms with E-state index in [4.69, 9.17) is 14.2 Å². The second-order valence-corrected chi connectivity index (χ2v) is 8.47. The molecule has 4 rings (SSSR count). The molecule has 0 aliphatic rings. The van der Waals surface area contributed by atoms with E-state index in [2.05, 4.69) is 50.7 Å². The van der Waals surface area contributed by atoms with Gasteiger partial charge in [0.1, 0.15) is 12.4 Å². The van der Waals surface area contributed by atoms with Crippen molar-refractivity contribution in [2.45, 2.75) is 13.5 Å². The largest absolute Gasteiger partial charge is 0.493 e. The monoisotopic (exact) mass is 532 g/mol. The van der Waals surface area contributed by atoms with Crippen molar-refractivity contribution < 1.29 is 19.0 Å². The number of hydrogen-bond donors (Lipinski definition) is 1. The molecule has 0 saturated carbocycles. The van der Waals surface area contributed by atoms with Crippen LogP contribution in [0.25, 0.3) is 10.8 Å². The van der Waals surface area contributed by atoms with Gasteiger partial charge in [-0.2, -0.15) is 5.10 Å². The quantitative estimate of drug-likeness (QED) is 0.201. The van der Waals surface area contributed by atoms with E-state index >= 15 is 0 Å². The number of amides is 1. The molecule has 0 atom stereocenters. The zero-order chi connectivity index (χ0) is 24.6. The minimum Gasteiger partial charge on any atom is -0.493 e. The van der Waals surface area contributed by atoms with Crippen LogP contribution in [-0.2, 0) is 6.61 Å². The third-order valence-corrected chi connectivity index (χ3v) is 5.94. The van der Waals surface area contributed by atoms with Crippen LogP contribution in [-0.4, -0.2) is 25.8 Å². The van der Waals surface area contributed by atoms with Crippen LogP contribution in [0.3, 0.4) is 0 Å². The third-order valence-electron chi connectivity index (χ3n) is 5.32. The number of rotatable bonds is 9. The molecule has 0 fully saturated rings. The number of methoxy groups -OCH3 is 1. The molecule has 178 valence electrons. The van der Waals surface area contributed by atoms with Gasteiger partial charge in [0.05, 0.1) is 24.4 Å². The fourth-order valence-electron chi connectivity index (χ4n) is 3.60. The van der Waals surface area contributed by atoms with E-state index < -0.39 is 0 Å². The maximum Gasteiger partial charge on any atom is 0.271 e. The number of hydrazone groups is 1. The van der Waals surface area contributed by atoms with E-state index in [-0.39, 0.29) is 5.91 Å². The molecule has 0 aliphatic carbocycles. The summed E-state index contributed by atoms with van der Waals surface area (Å²) in [7, 11) is 1.56. The van der Waals surface area contributed by atoms with Crippen molar-refractivity contribution in [3.63, 3.8) is 0 Å². The lowest BCUT2D eigenvalue weighted by Crippen LogP contribution is -2.17. The Kier molecular flexibility index (Phi) is 8.00. The van der Waals surface area contributed by atoms with Gasteiger partial charge >= 0.3 is 0 Å². The lowest BCUT2D eigenvalue weighted by molar-refractivity contribution is 0.0954. The predicted octanol–water partition coefficient (Wildman–Crippen LogP) is 6.35. The Labute approximate surface area is 212 Å². The third kappa shape index (κ3) is 6.00. The topological polar surface area (TPSA) is 69.2 Å². The fraction of sp³-hybridized carbons (Fsp3) is 0.143. The van der Waals surface area contributed by atoms with Crippen molar-refractivity contribution >= 4 is 38.8 Å². The molecule has 7 heteroatoms. The van der Waals surface area contributed by atoms with Gasteiger partial charge < -0.3 is 14.2 Å². The molecule has 0 spiro atoms. The molecule has 0 saturated heterocycles. The Morgan fingerprint density at radius 3 is 2.54 bits per heavy atom. The van der Waals surface area contributed by atoms with E-state index in [1.807, 2.05) is 43.3 Å². The van der Waals surface area contributed by atoms with E-state index in [1.54, 1.807) is 31.5 Å². The molecule has 0 unspecified atom stereocenters. The number of carbonyl (C=O) groups is 1. The van der Waals surface area contributed by atoms with E-state index in [0.29, 0.717) is 30.3 Å². The van der Waals surface area contributed by atoms with Gasteiger partial charge in [0.2, 0.25) is 0 Å². The van der Waals surface area contributed by atoms with Gasteiger partial charge in [-0.05, 0) is 81.2 Å². The highest BCUT2D eigenvalue weighted by molar-refractivity contribution is 9.10. The molecule has 4 aromatic carbocycles.